The van der Waals surface area contributed by atoms with Gasteiger partial charge in [-0.05, 0) is 36.2 Å². The molecule has 110 valence electrons. The van der Waals surface area contributed by atoms with Gasteiger partial charge in [0.1, 0.15) is 5.75 Å². The normalized spacial score (nSPS) is 10.0. The maximum absolute atomic E-state index is 11.2. The standard InChI is InChI=1S/C16H19N3O2/c1-12-6-7-18-9-13(12)10-19-14-4-3-5-15(8-14)21-11-16(20)17-2/h3-9,19H,10-11H2,1-2H3,(H,17,20). The number of hydrogen-bond acceptors (Lipinski definition) is 4. The molecule has 1 aromatic heterocycles. The molecule has 5 nitrogen and oxygen atoms in total. The van der Waals surface area contributed by atoms with Crippen LogP contribution in [-0.4, -0.2) is 24.5 Å². The van der Waals surface area contributed by atoms with Crippen molar-refractivity contribution in [2.45, 2.75) is 13.5 Å². The summed E-state index contributed by atoms with van der Waals surface area (Å²) in [5.74, 6) is 0.505. The number of nitrogens with one attached hydrogen (secondary N) is 2. The summed E-state index contributed by atoms with van der Waals surface area (Å²) >= 11 is 0. The van der Waals surface area contributed by atoms with Gasteiger partial charge in [0.15, 0.2) is 6.61 Å². The zero-order chi connectivity index (χ0) is 15.1. The van der Waals surface area contributed by atoms with E-state index in [1.165, 1.54) is 5.56 Å². The number of hydrogen-bond donors (Lipinski definition) is 2. The minimum atomic E-state index is -0.153. The lowest BCUT2D eigenvalue weighted by Gasteiger charge is -2.10. The molecule has 0 spiro atoms. The van der Waals surface area contributed by atoms with Crippen molar-refractivity contribution >= 4 is 11.6 Å². The van der Waals surface area contributed by atoms with Gasteiger partial charge in [-0.15, -0.1) is 0 Å². The number of nitrogens with zero attached hydrogens (tertiary/aromatic N) is 1. The van der Waals surface area contributed by atoms with Crippen molar-refractivity contribution in [2.24, 2.45) is 0 Å². The molecule has 2 rings (SSSR count). The lowest BCUT2D eigenvalue weighted by molar-refractivity contribution is -0.122. The van der Waals surface area contributed by atoms with E-state index in [2.05, 4.69) is 22.5 Å². The first kappa shape index (κ1) is 14.8. The maximum Gasteiger partial charge on any atom is 0.257 e. The monoisotopic (exact) mass is 285 g/mol. The third kappa shape index (κ3) is 4.49. The van der Waals surface area contributed by atoms with Crippen molar-refractivity contribution in [3.63, 3.8) is 0 Å². The second-order valence-corrected chi connectivity index (χ2v) is 4.65. The Morgan fingerprint density at radius 3 is 2.95 bits per heavy atom. The van der Waals surface area contributed by atoms with Crippen LogP contribution < -0.4 is 15.4 Å². The zero-order valence-corrected chi connectivity index (χ0v) is 12.2. The molecule has 1 heterocycles. The summed E-state index contributed by atoms with van der Waals surface area (Å²) in [5, 5.41) is 5.84. The number of amides is 1. The largest absolute Gasteiger partial charge is 0.484 e. The van der Waals surface area contributed by atoms with Gasteiger partial charge >= 0.3 is 0 Å². The average molecular weight is 285 g/mol. The molecule has 0 saturated carbocycles. The van der Waals surface area contributed by atoms with Gasteiger partial charge in [-0.2, -0.15) is 0 Å². The van der Waals surface area contributed by atoms with Gasteiger partial charge in [0.25, 0.3) is 5.91 Å². The molecular formula is C16H19N3O2. The Bertz CT molecular complexity index is 614. The van der Waals surface area contributed by atoms with E-state index in [1.54, 1.807) is 13.2 Å². The molecule has 0 aliphatic rings. The average Bonchev–Trinajstić information content (AvgIpc) is 2.52. The van der Waals surface area contributed by atoms with E-state index in [0.717, 1.165) is 11.3 Å². The lowest BCUT2D eigenvalue weighted by Crippen LogP contribution is -2.24. The van der Waals surface area contributed by atoms with Crippen molar-refractivity contribution in [3.05, 3.63) is 53.9 Å². The Balaban J connectivity index is 1.95. The van der Waals surface area contributed by atoms with Crippen molar-refractivity contribution < 1.29 is 9.53 Å². The van der Waals surface area contributed by atoms with Crippen molar-refractivity contribution in [3.8, 4) is 5.75 Å². The SMILES string of the molecule is CNC(=O)COc1cccc(NCc2cnccc2C)c1. The van der Waals surface area contributed by atoms with E-state index in [-0.39, 0.29) is 12.5 Å². The minimum Gasteiger partial charge on any atom is -0.484 e. The molecule has 21 heavy (non-hydrogen) atoms. The zero-order valence-electron chi connectivity index (χ0n) is 12.2. The van der Waals surface area contributed by atoms with E-state index < -0.39 is 0 Å². The van der Waals surface area contributed by atoms with Crippen molar-refractivity contribution in [1.82, 2.24) is 10.3 Å². The van der Waals surface area contributed by atoms with Crippen LogP contribution in [0.15, 0.2) is 42.7 Å². The highest BCUT2D eigenvalue weighted by atomic mass is 16.5. The van der Waals surface area contributed by atoms with Crippen LogP contribution in [0, 0.1) is 6.92 Å². The number of rotatable bonds is 6. The van der Waals surface area contributed by atoms with Crippen LogP contribution in [0.25, 0.3) is 0 Å². The Labute approximate surface area is 124 Å². The first-order chi connectivity index (χ1) is 10.2. The molecular weight excluding hydrogens is 266 g/mol. The summed E-state index contributed by atoms with van der Waals surface area (Å²) in [7, 11) is 1.58. The molecule has 5 heteroatoms. The first-order valence-electron chi connectivity index (χ1n) is 6.76. The molecule has 0 aliphatic carbocycles. The Morgan fingerprint density at radius 1 is 1.33 bits per heavy atom. The fourth-order valence-corrected chi connectivity index (χ4v) is 1.80. The first-order valence-corrected chi connectivity index (χ1v) is 6.76. The van der Waals surface area contributed by atoms with Crippen LogP contribution in [0.2, 0.25) is 0 Å². The van der Waals surface area contributed by atoms with E-state index >= 15 is 0 Å². The number of carbonyl (C=O) groups excluding carboxylic acids is 1. The Kier molecular flexibility index (Phi) is 5.15. The molecule has 0 fully saturated rings. The van der Waals surface area contributed by atoms with Gasteiger partial charge < -0.3 is 15.4 Å². The van der Waals surface area contributed by atoms with Crippen LogP contribution in [0.5, 0.6) is 5.75 Å². The number of pyridine rings is 1. The van der Waals surface area contributed by atoms with E-state index in [4.69, 9.17) is 4.74 Å². The topological polar surface area (TPSA) is 63.2 Å². The van der Waals surface area contributed by atoms with Gasteiger partial charge in [-0.3, -0.25) is 9.78 Å². The molecule has 0 unspecified atom stereocenters. The Hall–Kier alpha value is -2.56. The lowest BCUT2D eigenvalue weighted by atomic mass is 10.1. The molecule has 0 aliphatic heterocycles. The smallest absolute Gasteiger partial charge is 0.257 e. The third-order valence-corrected chi connectivity index (χ3v) is 3.11. The van der Waals surface area contributed by atoms with Crippen molar-refractivity contribution in [2.75, 3.05) is 19.0 Å². The van der Waals surface area contributed by atoms with Gasteiger partial charge in [0, 0.05) is 37.7 Å². The third-order valence-electron chi connectivity index (χ3n) is 3.11. The van der Waals surface area contributed by atoms with Gasteiger partial charge in [-0.1, -0.05) is 6.07 Å². The van der Waals surface area contributed by atoms with E-state index in [1.807, 2.05) is 36.5 Å². The minimum absolute atomic E-state index is 0.0155. The molecule has 0 radical (unpaired) electrons. The number of carbonyl (C=O) groups is 1. The second kappa shape index (κ2) is 7.28. The van der Waals surface area contributed by atoms with Crippen molar-refractivity contribution in [1.29, 1.82) is 0 Å². The molecule has 0 atom stereocenters. The van der Waals surface area contributed by atoms with Gasteiger partial charge in [-0.25, -0.2) is 0 Å². The summed E-state index contributed by atoms with van der Waals surface area (Å²) in [6.07, 6.45) is 3.64. The van der Waals surface area contributed by atoms with Crippen LogP contribution in [0.3, 0.4) is 0 Å². The second-order valence-electron chi connectivity index (χ2n) is 4.65. The quantitative estimate of drug-likeness (QED) is 0.853. The van der Waals surface area contributed by atoms with E-state index in [0.29, 0.717) is 12.3 Å². The number of aryl methyl sites for hydroxylation is 1. The highest BCUT2D eigenvalue weighted by Gasteiger charge is 2.02. The highest BCUT2D eigenvalue weighted by Crippen LogP contribution is 2.18. The number of aromatic nitrogens is 1. The summed E-state index contributed by atoms with van der Waals surface area (Å²) in [6.45, 7) is 2.77. The molecule has 0 saturated heterocycles. The molecule has 0 bridgehead atoms. The predicted octanol–water partition coefficient (Wildman–Crippen LogP) is 2.13. The summed E-state index contributed by atoms with van der Waals surface area (Å²) in [4.78, 5) is 15.3. The maximum atomic E-state index is 11.2. The fraction of sp³-hybridized carbons (Fsp3) is 0.250. The Morgan fingerprint density at radius 2 is 2.19 bits per heavy atom. The molecule has 2 aromatic rings. The summed E-state index contributed by atoms with van der Waals surface area (Å²) < 4.78 is 5.41. The molecule has 2 N–H and O–H groups in total. The summed E-state index contributed by atoms with van der Waals surface area (Å²) in [5.41, 5.74) is 3.28. The number of anilines is 1. The fourth-order valence-electron chi connectivity index (χ4n) is 1.80. The molecule has 1 aromatic carbocycles. The van der Waals surface area contributed by atoms with Crippen LogP contribution in [0.4, 0.5) is 5.69 Å². The van der Waals surface area contributed by atoms with Crippen LogP contribution in [0.1, 0.15) is 11.1 Å². The number of likely N-dealkylation sites (N-methyl/N-ethyl adjacent to an activating group) is 1. The van der Waals surface area contributed by atoms with E-state index in [9.17, 15) is 4.79 Å². The van der Waals surface area contributed by atoms with Gasteiger partial charge in [0.05, 0.1) is 0 Å². The number of benzene rings is 1. The predicted molar refractivity (Wildman–Crippen MR) is 82.3 cm³/mol. The van der Waals surface area contributed by atoms with Crippen LogP contribution >= 0.6 is 0 Å². The van der Waals surface area contributed by atoms with Crippen LogP contribution in [-0.2, 0) is 11.3 Å². The highest BCUT2D eigenvalue weighted by molar-refractivity contribution is 5.77. The number of ether oxygens (including phenoxy) is 1. The van der Waals surface area contributed by atoms with Gasteiger partial charge in [0.2, 0.25) is 0 Å². The molecule has 1 amide bonds. The summed E-state index contributed by atoms with van der Waals surface area (Å²) in [6, 6.07) is 9.52.